The van der Waals surface area contributed by atoms with Crippen LogP contribution >= 0.6 is 0 Å². The molecule has 0 fully saturated rings. The lowest BCUT2D eigenvalue weighted by atomic mass is 10.0. The smallest absolute Gasteiger partial charge is 0.249 e. The lowest BCUT2D eigenvalue weighted by Gasteiger charge is -2.27. The second-order valence-electron chi connectivity index (χ2n) is 4.33. The first kappa shape index (κ1) is 12.4. The molecule has 0 saturated carbocycles. The first-order chi connectivity index (χ1) is 7.33. The number of hydrogen-bond acceptors (Lipinski definition) is 2. The standard InChI is InChI=1S/C13H24O2/c1-3-5-7-8-10-13(9-6-4-2)14-11-12-15-13/h11-12H,3-10H2,1-2H3. The molecule has 0 aromatic heterocycles. The second kappa shape index (κ2) is 6.76. The number of ether oxygens (including phenoxy) is 2. The van der Waals surface area contributed by atoms with E-state index in [0.29, 0.717) is 0 Å². The van der Waals surface area contributed by atoms with Crippen molar-refractivity contribution in [2.24, 2.45) is 0 Å². The second-order valence-corrected chi connectivity index (χ2v) is 4.33. The fourth-order valence-electron chi connectivity index (χ4n) is 1.96. The SMILES string of the molecule is CCCCCCC1(CCCC)OC=CO1. The molecule has 0 aromatic rings. The van der Waals surface area contributed by atoms with Crippen molar-refractivity contribution in [3.8, 4) is 0 Å². The van der Waals surface area contributed by atoms with E-state index in [0.717, 1.165) is 12.8 Å². The molecule has 1 rings (SSSR count). The maximum absolute atomic E-state index is 5.62. The molecule has 0 N–H and O–H groups in total. The van der Waals surface area contributed by atoms with Crippen LogP contribution < -0.4 is 0 Å². The Morgan fingerprint density at radius 2 is 1.40 bits per heavy atom. The molecule has 1 aliphatic rings. The zero-order valence-electron chi connectivity index (χ0n) is 10.1. The Morgan fingerprint density at radius 3 is 2.00 bits per heavy atom. The molecule has 15 heavy (non-hydrogen) atoms. The van der Waals surface area contributed by atoms with Crippen LogP contribution in [0.2, 0.25) is 0 Å². The summed E-state index contributed by atoms with van der Waals surface area (Å²) in [6.07, 6.45) is 12.9. The van der Waals surface area contributed by atoms with Gasteiger partial charge in [-0.05, 0) is 12.8 Å². The van der Waals surface area contributed by atoms with Crippen LogP contribution in [0.15, 0.2) is 12.5 Å². The number of hydrogen-bond donors (Lipinski definition) is 0. The Kier molecular flexibility index (Phi) is 5.59. The third-order valence-corrected chi connectivity index (χ3v) is 2.94. The molecule has 0 spiro atoms. The molecular weight excluding hydrogens is 188 g/mol. The van der Waals surface area contributed by atoms with E-state index < -0.39 is 0 Å². The van der Waals surface area contributed by atoms with Crippen molar-refractivity contribution in [3.63, 3.8) is 0 Å². The normalized spacial score (nSPS) is 17.5. The predicted octanol–water partition coefficient (Wildman–Crippen LogP) is 4.36. The fourth-order valence-corrected chi connectivity index (χ4v) is 1.96. The van der Waals surface area contributed by atoms with E-state index >= 15 is 0 Å². The maximum Gasteiger partial charge on any atom is 0.249 e. The van der Waals surface area contributed by atoms with Gasteiger partial charge in [-0.3, -0.25) is 0 Å². The number of rotatable bonds is 8. The van der Waals surface area contributed by atoms with Crippen LogP contribution in [0.5, 0.6) is 0 Å². The Labute approximate surface area is 93.7 Å². The van der Waals surface area contributed by atoms with Gasteiger partial charge in [0.2, 0.25) is 5.79 Å². The van der Waals surface area contributed by atoms with Crippen molar-refractivity contribution in [2.45, 2.75) is 71.0 Å². The zero-order chi connectivity index (χ0) is 11.0. The monoisotopic (exact) mass is 212 g/mol. The quantitative estimate of drug-likeness (QED) is 0.556. The van der Waals surface area contributed by atoms with Crippen molar-refractivity contribution < 1.29 is 9.47 Å². The average Bonchev–Trinajstić information content (AvgIpc) is 2.71. The molecule has 88 valence electrons. The van der Waals surface area contributed by atoms with E-state index in [2.05, 4.69) is 13.8 Å². The Hall–Kier alpha value is -0.660. The van der Waals surface area contributed by atoms with E-state index in [1.807, 2.05) is 0 Å². The lowest BCUT2D eigenvalue weighted by Crippen LogP contribution is -2.29. The van der Waals surface area contributed by atoms with Gasteiger partial charge in [-0.25, -0.2) is 0 Å². The van der Waals surface area contributed by atoms with E-state index in [9.17, 15) is 0 Å². The molecular formula is C13H24O2. The van der Waals surface area contributed by atoms with Crippen LogP contribution in [-0.2, 0) is 9.47 Å². The summed E-state index contributed by atoms with van der Waals surface area (Å²) < 4.78 is 11.2. The van der Waals surface area contributed by atoms with Gasteiger partial charge >= 0.3 is 0 Å². The highest BCUT2D eigenvalue weighted by Crippen LogP contribution is 2.31. The summed E-state index contributed by atoms with van der Waals surface area (Å²) in [6.45, 7) is 4.43. The third kappa shape index (κ3) is 4.15. The highest BCUT2D eigenvalue weighted by Gasteiger charge is 2.33. The zero-order valence-corrected chi connectivity index (χ0v) is 10.1. The lowest BCUT2D eigenvalue weighted by molar-refractivity contribution is -0.153. The summed E-state index contributed by atoms with van der Waals surface area (Å²) in [5, 5.41) is 0. The van der Waals surface area contributed by atoms with Crippen molar-refractivity contribution in [3.05, 3.63) is 12.5 Å². The van der Waals surface area contributed by atoms with E-state index in [1.54, 1.807) is 12.5 Å². The van der Waals surface area contributed by atoms with Gasteiger partial charge in [-0.2, -0.15) is 0 Å². The molecule has 1 heterocycles. The molecule has 0 amide bonds. The molecule has 0 bridgehead atoms. The molecule has 1 aliphatic heterocycles. The first-order valence-corrected chi connectivity index (χ1v) is 6.33. The van der Waals surface area contributed by atoms with Gasteiger partial charge in [0.05, 0.1) is 0 Å². The fraction of sp³-hybridized carbons (Fsp3) is 0.846. The van der Waals surface area contributed by atoms with Crippen LogP contribution in [-0.4, -0.2) is 5.79 Å². The van der Waals surface area contributed by atoms with Crippen molar-refractivity contribution in [2.75, 3.05) is 0 Å². The van der Waals surface area contributed by atoms with Crippen molar-refractivity contribution in [1.29, 1.82) is 0 Å². The van der Waals surface area contributed by atoms with Crippen LogP contribution in [0, 0.1) is 0 Å². The van der Waals surface area contributed by atoms with Gasteiger partial charge in [-0.1, -0.05) is 39.5 Å². The molecule has 0 aromatic carbocycles. The summed E-state index contributed by atoms with van der Waals surface area (Å²) in [4.78, 5) is 0. The van der Waals surface area contributed by atoms with Gasteiger partial charge in [0.1, 0.15) is 12.5 Å². The van der Waals surface area contributed by atoms with Crippen LogP contribution in [0.25, 0.3) is 0 Å². The van der Waals surface area contributed by atoms with E-state index in [1.165, 1.54) is 38.5 Å². The summed E-state index contributed by atoms with van der Waals surface area (Å²) >= 11 is 0. The third-order valence-electron chi connectivity index (χ3n) is 2.94. The Morgan fingerprint density at radius 1 is 0.800 bits per heavy atom. The molecule has 2 heteroatoms. The molecule has 0 unspecified atom stereocenters. The van der Waals surface area contributed by atoms with E-state index in [4.69, 9.17) is 9.47 Å². The van der Waals surface area contributed by atoms with Gasteiger partial charge < -0.3 is 9.47 Å². The molecule has 0 saturated heterocycles. The summed E-state index contributed by atoms with van der Waals surface area (Å²) in [5.41, 5.74) is 0. The molecule has 0 aliphatic carbocycles. The minimum absolute atomic E-state index is 0.316. The van der Waals surface area contributed by atoms with Crippen molar-refractivity contribution >= 4 is 0 Å². The minimum Gasteiger partial charge on any atom is -0.457 e. The van der Waals surface area contributed by atoms with Gasteiger partial charge in [0, 0.05) is 12.8 Å². The van der Waals surface area contributed by atoms with Gasteiger partial charge in [-0.15, -0.1) is 0 Å². The van der Waals surface area contributed by atoms with Crippen LogP contribution in [0.3, 0.4) is 0 Å². The average molecular weight is 212 g/mol. The number of unbranched alkanes of at least 4 members (excludes halogenated alkanes) is 4. The van der Waals surface area contributed by atoms with Gasteiger partial charge in [0.15, 0.2) is 0 Å². The summed E-state index contributed by atoms with van der Waals surface area (Å²) in [7, 11) is 0. The maximum atomic E-state index is 5.62. The van der Waals surface area contributed by atoms with Gasteiger partial charge in [0.25, 0.3) is 0 Å². The summed E-state index contributed by atoms with van der Waals surface area (Å²) in [6, 6.07) is 0. The predicted molar refractivity (Wildman–Crippen MR) is 62.3 cm³/mol. The van der Waals surface area contributed by atoms with Crippen molar-refractivity contribution in [1.82, 2.24) is 0 Å². The molecule has 0 atom stereocenters. The van der Waals surface area contributed by atoms with E-state index in [-0.39, 0.29) is 5.79 Å². The Balaban J connectivity index is 2.24. The highest BCUT2D eigenvalue weighted by atomic mass is 16.7. The molecule has 2 nitrogen and oxygen atoms in total. The molecule has 0 radical (unpaired) electrons. The van der Waals surface area contributed by atoms with Crippen LogP contribution in [0.4, 0.5) is 0 Å². The topological polar surface area (TPSA) is 18.5 Å². The largest absolute Gasteiger partial charge is 0.457 e. The summed E-state index contributed by atoms with van der Waals surface area (Å²) in [5.74, 6) is -0.316. The van der Waals surface area contributed by atoms with Crippen LogP contribution in [0.1, 0.15) is 65.2 Å². The first-order valence-electron chi connectivity index (χ1n) is 6.33. The highest BCUT2D eigenvalue weighted by molar-refractivity contribution is 4.83. The Bertz CT molecular complexity index is 179. The minimum atomic E-state index is -0.316.